The highest BCUT2D eigenvalue weighted by molar-refractivity contribution is 6.33. The van der Waals surface area contributed by atoms with Crippen molar-refractivity contribution in [2.75, 3.05) is 6.61 Å². The molecule has 0 spiro atoms. The van der Waals surface area contributed by atoms with Crippen molar-refractivity contribution in [3.8, 4) is 17.3 Å². The van der Waals surface area contributed by atoms with Crippen LogP contribution >= 0.6 is 11.6 Å². The van der Waals surface area contributed by atoms with Crippen LogP contribution in [-0.2, 0) is 9.53 Å². The molecule has 1 N–H and O–H groups in total. The number of Topliss-reactive ketones (excluding diaryl/α,β-unsaturated/α-hetero) is 1. The van der Waals surface area contributed by atoms with Gasteiger partial charge in [0.1, 0.15) is 11.9 Å². The first-order valence-electron chi connectivity index (χ1n) is 12.3. The van der Waals surface area contributed by atoms with Crippen molar-refractivity contribution in [1.82, 2.24) is 15.0 Å². The van der Waals surface area contributed by atoms with E-state index in [2.05, 4.69) is 21.0 Å². The van der Waals surface area contributed by atoms with Gasteiger partial charge in [-0.1, -0.05) is 48.9 Å². The molecule has 9 heteroatoms. The van der Waals surface area contributed by atoms with Gasteiger partial charge in [0.25, 0.3) is 6.01 Å². The van der Waals surface area contributed by atoms with E-state index in [-0.39, 0.29) is 24.8 Å². The largest absolute Gasteiger partial charge is 0.452 e. The van der Waals surface area contributed by atoms with Crippen molar-refractivity contribution in [2.24, 2.45) is 5.92 Å². The number of imidazole rings is 1. The topological polar surface area (TPSA) is 77.1 Å². The number of hydrogen-bond donors (Lipinski definition) is 1. The van der Waals surface area contributed by atoms with E-state index in [1.807, 2.05) is 24.3 Å². The summed E-state index contributed by atoms with van der Waals surface area (Å²) >= 11 is 6.52. The SMILES string of the molecule is CC[C@H]1OC[C@@H](Oc2nc3nc(-c4ccc(C5=CCC(CC(C)=O)CC5)cc4)c(Cl)cc3[nH]2)C1(F)F. The van der Waals surface area contributed by atoms with Gasteiger partial charge >= 0.3 is 5.92 Å². The van der Waals surface area contributed by atoms with E-state index in [1.54, 1.807) is 19.9 Å². The maximum atomic E-state index is 14.5. The number of fused-ring (bicyclic) bond motifs is 1. The first-order chi connectivity index (χ1) is 17.2. The molecule has 6 nitrogen and oxygen atoms in total. The molecule has 5 rings (SSSR count). The van der Waals surface area contributed by atoms with Crippen LogP contribution in [0.4, 0.5) is 8.78 Å². The van der Waals surface area contributed by atoms with Gasteiger partial charge in [-0.25, -0.2) is 4.98 Å². The second-order valence-electron chi connectivity index (χ2n) is 9.60. The summed E-state index contributed by atoms with van der Waals surface area (Å²) in [7, 11) is 0. The molecule has 3 atom stereocenters. The highest BCUT2D eigenvalue weighted by Gasteiger charge is 2.54. The molecule has 1 fully saturated rings. The van der Waals surface area contributed by atoms with Gasteiger partial charge in [-0.2, -0.15) is 13.8 Å². The second-order valence-corrected chi connectivity index (χ2v) is 10.0. The predicted molar refractivity (Wildman–Crippen MR) is 134 cm³/mol. The third-order valence-electron chi connectivity index (χ3n) is 6.96. The Kier molecular flexibility index (Phi) is 6.83. The summed E-state index contributed by atoms with van der Waals surface area (Å²) in [5.74, 6) is -2.43. The van der Waals surface area contributed by atoms with Crippen molar-refractivity contribution in [3.05, 3.63) is 47.0 Å². The van der Waals surface area contributed by atoms with Crippen LogP contribution in [0.15, 0.2) is 36.4 Å². The minimum Gasteiger partial charge on any atom is -0.452 e. The third-order valence-corrected chi connectivity index (χ3v) is 7.25. The van der Waals surface area contributed by atoms with E-state index in [0.717, 1.165) is 30.4 Å². The Labute approximate surface area is 213 Å². The minimum atomic E-state index is -3.10. The van der Waals surface area contributed by atoms with Crippen LogP contribution in [0.5, 0.6) is 6.01 Å². The van der Waals surface area contributed by atoms with Crippen molar-refractivity contribution < 1.29 is 23.0 Å². The second kappa shape index (κ2) is 9.90. The normalized spacial score (nSPS) is 23.6. The minimum absolute atomic E-state index is 0.0431. The summed E-state index contributed by atoms with van der Waals surface area (Å²) in [4.78, 5) is 23.1. The van der Waals surface area contributed by atoms with Crippen LogP contribution in [0.2, 0.25) is 5.02 Å². The van der Waals surface area contributed by atoms with Crippen LogP contribution in [0.3, 0.4) is 0 Å². The molecule has 36 heavy (non-hydrogen) atoms. The van der Waals surface area contributed by atoms with Crippen molar-refractivity contribution in [3.63, 3.8) is 0 Å². The zero-order valence-electron chi connectivity index (χ0n) is 20.2. The quantitative estimate of drug-likeness (QED) is 0.382. The van der Waals surface area contributed by atoms with Gasteiger partial charge in [-0.05, 0) is 55.7 Å². The number of aromatic amines is 1. The maximum absolute atomic E-state index is 14.5. The number of benzene rings is 1. The lowest BCUT2D eigenvalue weighted by molar-refractivity contribution is -0.117. The number of nitrogens with zero attached hydrogens (tertiary/aromatic N) is 2. The highest BCUT2D eigenvalue weighted by Crippen LogP contribution is 2.37. The number of ketones is 1. The number of pyridine rings is 1. The lowest BCUT2D eigenvalue weighted by Gasteiger charge is -2.21. The number of ether oxygens (including phenoxy) is 2. The van der Waals surface area contributed by atoms with E-state index < -0.39 is 18.1 Å². The van der Waals surface area contributed by atoms with E-state index in [0.29, 0.717) is 34.2 Å². The Balaban J connectivity index is 1.33. The zero-order valence-corrected chi connectivity index (χ0v) is 20.9. The van der Waals surface area contributed by atoms with Gasteiger partial charge < -0.3 is 19.3 Å². The Hall–Kier alpha value is -2.84. The van der Waals surface area contributed by atoms with Crippen LogP contribution in [0, 0.1) is 5.92 Å². The number of halogens is 3. The zero-order chi connectivity index (χ0) is 25.4. The van der Waals surface area contributed by atoms with Gasteiger partial charge in [0, 0.05) is 12.0 Å². The number of nitrogens with one attached hydrogen (secondary N) is 1. The smallest absolute Gasteiger partial charge is 0.311 e. The molecule has 2 aliphatic rings. The van der Waals surface area contributed by atoms with Crippen LogP contribution in [0.1, 0.15) is 51.5 Å². The molecule has 0 amide bonds. The standard InChI is InChI=1S/C27H28ClF2N3O3/c1-3-22-27(29,30)23(14-35-22)36-26-31-21-13-20(28)24(32-25(21)33-26)19-10-8-18(9-11-19)17-6-4-16(5-7-17)12-15(2)34/h6,8-11,13,16,22-23H,3-5,7,12,14H2,1-2H3,(H,31,32,33)/t16?,22-,23-/m1/s1. The number of carbonyl (C=O) groups is 1. The first kappa shape index (κ1) is 24.8. The summed E-state index contributed by atoms with van der Waals surface area (Å²) in [5.41, 5.74) is 4.61. The van der Waals surface area contributed by atoms with Crippen molar-refractivity contribution in [2.45, 2.75) is 64.1 Å². The van der Waals surface area contributed by atoms with Gasteiger partial charge in [-0.15, -0.1) is 0 Å². The highest BCUT2D eigenvalue weighted by atomic mass is 35.5. The summed E-state index contributed by atoms with van der Waals surface area (Å²) in [6.07, 6.45) is 3.37. The maximum Gasteiger partial charge on any atom is 0.311 e. The molecule has 1 aliphatic carbocycles. The molecule has 1 unspecified atom stereocenters. The van der Waals surface area contributed by atoms with E-state index in [1.165, 1.54) is 5.57 Å². The van der Waals surface area contributed by atoms with E-state index in [9.17, 15) is 13.6 Å². The number of alkyl halides is 2. The Morgan fingerprint density at radius 3 is 2.64 bits per heavy atom. The molecule has 0 saturated carbocycles. The lowest BCUT2D eigenvalue weighted by atomic mass is 9.84. The van der Waals surface area contributed by atoms with Crippen LogP contribution in [-0.4, -0.2) is 45.5 Å². The summed E-state index contributed by atoms with van der Waals surface area (Å²) < 4.78 is 39.5. The molecule has 0 bridgehead atoms. The Bertz CT molecular complexity index is 1310. The molecular weight excluding hydrogens is 488 g/mol. The van der Waals surface area contributed by atoms with Crippen molar-refractivity contribution in [1.29, 1.82) is 0 Å². The molecule has 3 aromatic rings. The molecule has 190 valence electrons. The number of allylic oxidation sites excluding steroid dienone is 2. The molecule has 0 radical (unpaired) electrons. The average Bonchev–Trinajstić information content (AvgIpc) is 3.37. The molecule has 1 saturated heterocycles. The number of H-pyrrole nitrogens is 1. The first-order valence-corrected chi connectivity index (χ1v) is 12.6. The lowest BCUT2D eigenvalue weighted by Crippen LogP contribution is -2.41. The molecule has 2 aromatic heterocycles. The summed E-state index contributed by atoms with van der Waals surface area (Å²) in [6, 6.07) is 9.63. The van der Waals surface area contributed by atoms with Crippen LogP contribution in [0.25, 0.3) is 28.0 Å². The number of carbonyl (C=O) groups excluding carboxylic acids is 1. The van der Waals surface area contributed by atoms with E-state index >= 15 is 0 Å². The van der Waals surface area contributed by atoms with E-state index in [4.69, 9.17) is 21.1 Å². The fraction of sp³-hybridized carbons (Fsp3) is 0.444. The average molecular weight is 516 g/mol. The molecule has 3 heterocycles. The Morgan fingerprint density at radius 2 is 2.00 bits per heavy atom. The van der Waals surface area contributed by atoms with Gasteiger partial charge in [-0.3, -0.25) is 0 Å². The number of rotatable bonds is 7. The van der Waals surface area contributed by atoms with Crippen LogP contribution < -0.4 is 4.74 Å². The van der Waals surface area contributed by atoms with Gasteiger partial charge in [0.15, 0.2) is 11.8 Å². The monoisotopic (exact) mass is 515 g/mol. The van der Waals surface area contributed by atoms with Gasteiger partial charge in [0.05, 0.1) is 22.8 Å². The van der Waals surface area contributed by atoms with Gasteiger partial charge in [0.2, 0.25) is 0 Å². The number of aromatic nitrogens is 3. The molecular formula is C27H28ClF2N3O3. The fourth-order valence-electron chi connectivity index (χ4n) is 5.01. The molecule has 1 aliphatic heterocycles. The molecule has 1 aromatic carbocycles. The fourth-order valence-corrected chi connectivity index (χ4v) is 5.27. The summed E-state index contributed by atoms with van der Waals surface area (Å²) in [5, 5.41) is 0.412. The third kappa shape index (κ3) is 4.89. The summed E-state index contributed by atoms with van der Waals surface area (Å²) in [6.45, 7) is 3.10. The van der Waals surface area contributed by atoms with Crippen molar-refractivity contribution >= 4 is 34.1 Å². The predicted octanol–water partition coefficient (Wildman–Crippen LogP) is 6.63. The number of hydrogen-bond acceptors (Lipinski definition) is 5. The Morgan fingerprint density at radius 1 is 1.25 bits per heavy atom.